The van der Waals surface area contributed by atoms with E-state index in [2.05, 4.69) is 46.6 Å². The summed E-state index contributed by atoms with van der Waals surface area (Å²) in [5.41, 5.74) is 16.4. The Balaban J connectivity index is 2.95. The average molecular weight is 896 g/mol. The number of nitrogens with two attached hydrogens (primary N) is 2. The van der Waals surface area contributed by atoms with Crippen LogP contribution in [0.3, 0.4) is 0 Å². The second-order valence-corrected chi connectivity index (χ2v) is 19.1. The summed E-state index contributed by atoms with van der Waals surface area (Å²) in [5.74, 6) is 0. The number of aliphatic hydroxyl groups excluding tert-OH is 5. The fraction of sp³-hybridized carbons (Fsp3) is 0.952. The Morgan fingerprint density at radius 2 is 1.37 bits per heavy atom. The van der Waals surface area contributed by atoms with Crippen LogP contribution in [-0.4, -0.2) is 224 Å². The van der Waals surface area contributed by atoms with Crippen molar-refractivity contribution < 1.29 is 54.2 Å². The van der Waals surface area contributed by atoms with Gasteiger partial charge in [-0.3, -0.25) is 29.5 Å². The minimum Gasteiger partial charge on any atom is -0.395 e. The molecule has 11 N–H and O–H groups in total. The fourth-order valence-electron chi connectivity index (χ4n) is 6.29. The lowest BCUT2D eigenvalue weighted by molar-refractivity contribution is -0.261. The molecule has 9 unspecified atom stereocenters. The molecule has 0 spiro atoms. The van der Waals surface area contributed by atoms with Gasteiger partial charge in [0.2, 0.25) is 0 Å². The van der Waals surface area contributed by atoms with Crippen LogP contribution >= 0.6 is 0 Å². The molecule has 1 rings (SSSR count). The van der Waals surface area contributed by atoms with E-state index in [1.165, 1.54) is 6.21 Å². The van der Waals surface area contributed by atoms with Crippen LogP contribution in [0.1, 0.15) is 82.6 Å². The van der Waals surface area contributed by atoms with Crippen molar-refractivity contribution in [3.8, 4) is 0 Å². The second-order valence-electron chi connectivity index (χ2n) is 19.1. The topological polar surface area (TPSA) is 267 Å². The van der Waals surface area contributed by atoms with Gasteiger partial charge < -0.3 is 55.9 Å². The van der Waals surface area contributed by atoms with E-state index in [1.807, 2.05) is 65.2 Å². The second kappa shape index (κ2) is 30.8. The van der Waals surface area contributed by atoms with E-state index in [4.69, 9.17) is 40.1 Å². The maximum absolute atomic E-state index is 10.9. The van der Waals surface area contributed by atoms with Gasteiger partial charge in [0.05, 0.1) is 50.9 Å². The van der Waals surface area contributed by atoms with Crippen molar-refractivity contribution in [2.75, 3.05) is 105 Å². The van der Waals surface area contributed by atoms with Crippen LogP contribution in [0, 0.1) is 5.41 Å². The molecule has 0 aromatic rings. The molecule has 0 aromatic carbocycles. The first kappa shape index (κ1) is 58.6. The van der Waals surface area contributed by atoms with Gasteiger partial charge in [0.15, 0.2) is 6.29 Å². The fourth-order valence-corrected chi connectivity index (χ4v) is 6.29. The molecule has 20 heteroatoms. The predicted molar refractivity (Wildman–Crippen MR) is 242 cm³/mol. The Hall–Kier alpha value is -1.38. The highest BCUT2D eigenvalue weighted by atomic mass is 16.7. The molecule has 0 radical (unpaired) electrons. The van der Waals surface area contributed by atoms with Gasteiger partial charge in [-0.15, -0.1) is 0 Å². The van der Waals surface area contributed by atoms with Gasteiger partial charge in [0, 0.05) is 82.7 Å². The summed E-state index contributed by atoms with van der Waals surface area (Å²) >= 11 is 0. The Morgan fingerprint density at radius 1 is 0.790 bits per heavy atom. The van der Waals surface area contributed by atoms with Crippen LogP contribution in [0.4, 0.5) is 0 Å². The minimum absolute atomic E-state index is 0.0299. The minimum atomic E-state index is -1.43. The molecule has 1 aliphatic heterocycles. The van der Waals surface area contributed by atoms with Gasteiger partial charge in [-0.05, 0) is 67.2 Å². The van der Waals surface area contributed by atoms with Crippen molar-refractivity contribution >= 4 is 12.4 Å². The van der Waals surface area contributed by atoms with Crippen LogP contribution in [0.25, 0.3) is 0 Å². The van der Waals surface area contributed by atoms with Crippen LogP contribution in [0.15, 0.2) is 9.98 Å². The monoisotopic (exact) mass is 896 g/mol. The Bertz CT molecular complexity index is 1180. The van der Waals surface area contributed by atoms with Crippen LogP contribution < -0.4 is 22.4 Å². The zero-order valence-corrected chi connectivity index (χ0v) is 39.9. The molecule has 62 heavy (non-hydrogen) atoms. The number of ether oxygens (including phenoxy) is 4. The van der Waals surface area contributed by atoms with Crippen molar-refractivity contribution in [1.29, 1.82) is 0 Å². The highest BCUT2D eigenvalue weighted by molar-refractivity contribution is 5.65. The quantitative estimate of drug-likeness (QED) is 0.0171. The number of rotatable bonds is 33. The molecule has 0 bridgehead atoms. The maximum atomic E-state index is 10.9. The summed E-state index contributed by atoms with van der Waals surface area (Å²) in [6.45, 7) is 27.5. The maximum Gasteiger partial charge on any atom is 0.194 e. The Morgan fingerprint density at radius 3 is 1.87 bits per heavy atom. The molecule has 1 aliphatic rings. The summed E-state index contributed by atoms with van der Waals surface area (Å²) in [6, 6.07) is -0.0896. The summed E-state index contributed by atoms with van der Waals surface area (Å²) in [4.78, 5) is 26.9. The Kier molecular flexibility index (Phi) is 29.1. The lowest BCUT2D eigenvalue weighted by Crippen LogP contribution is -2.61. The van der Waals surface area contributed by atoms with E-state index < -0.39 is 53.9 Å². The van der Waals surface area contributed by atoms with E-state index in [9.17, 15) is 25.5 Å². The Labute approximate surface area is 372 Å². The van der Waals surface area contributed by atoms with Crippen molar-refractivity contribution in [3.63, 3.8) is 0 Å². The zero-order chi connectivity index (χ0) is 46.9. The van der Waals surface area contributed by atoms with Crippen molar-refractivity contribution in [2.24, 2.45) is 26.9 Å². The number of aliphatic imine (C=N–C) groups is 2. The third-order valence-electron chi connectivity index (χ3n) is 9.90. The molecule has 1 saturated heterocycles. The van der Waals surface area contributed by atoms with E-state index >= 15 is 0 Å². The highest BCUT2D eigenvalue weighted by Gasteiger charge is 2.48. The lowest BCUT2D eigenvalue weighted by Gasteiger charge is -2.45. The van der Waals surface area contributed by atoms with E-state index in [-0.39, 0.29) is 57.5 Å². The molecule has 0 saturated carbocycles. The molecular weight excluding hydrogens is 807 g/mol. The number of aliphatic hydroxyl groups is 5. The van der Waals surface area contributed by atoms with E-state index in [1.54, 1.807) is 6.21 Å². The van der Waals surface area contributed by atoms with Gasteiger partial charge in [0.1, 0.15) is 44.0 Å². The smallest absolute Gasteiger partial charge is 0.194 e. The van der Waals surface area contributed by atoms with Crippen molar-refractivity contribution in [2.45, 2.75) is 149 Å². The zero-order valence-electron chi connectivity index (χ0n) is 39.9. The number of hydrogen-bond donors (Lipinski definition) is 9. The third kappa shape index (κ3) is 25.9. The summed E-state index contributed by atoms with van der Waals surface area (Å²) in [5, 5.41) is 51.3. The molecule has 20 nitrogen and oxygen atoms in total. The molecule has 0 aromatic heterocycles. The summed E-state index contributed by atoms with van der Waals surface area (Å²) < 4.78 is 24.8. The van der Waals surface area contributed by atoms with Gasteiger partial charge in [-0.2, -0.15) is 11.0 Å². The normalized spacial score (nSPS) is 22.8. The molecule has 1 heterocycles. The molecule has 368 valence electrons. The largest absolute Gasteiger partial charge is 0.395 e. The first-order chi connectivity index (χ1) is 29.0. The van der Waals surface area contributed by atoms with Crippen LogP contribution in [0.2, 0.25) is 0 Å². The van der Waals surface area contributed by atoms with E-state index in [0.29, 0.717) is 71.9 Å². The van der Waals surface area contributed by atoms with Crippen LogP contribution in [-0.2, 0) is 28.6 Å². The molecule has 0 amide bonds. The standard InChI is InChI=1S/C42H89N9O11/c1-31(44)24-32(2)46-25-33(27-58-42(9,10)11)61-35(57-28-34-36(54)37(55)38(56)39(62-34)40(3,4)5)26-45-13-17-50(21-23-53)19-15-48-60-30-51(41(6,7)8)29-59-47-14-18-49(16-12-43)20-22-52/h25-26,31-39,47-48,52-56H,12-24,27-30,43-44H2,1-11H3. The van der Waals surface area contributed by atoms with Crippen molar-refractivity contribution in [1.82, 2.24) is 25.7 Å². The molecule has 1 fully saturated rings. The van der Waals surface area contributed by atoms with Gasteiger partial charge in [-0.25, -0.2) is 4.90 Å². The SMILES string of the molecule is CC(N)CC(C)N=CC(COC(C)(C)C)OC(C=NCCN(CCO)CCNOCN(CONCCN(CCN)CCO)C(C)(C)C)OCC1OC(C(C)(C)C)C(O)C(O)C1O. The van der Waals surface area contributed by atoms with Gasteiger partial charge in [-0.1, -0.05) is 20.8 Å². The molecule has 9 atom stereocenters. The highest BCUT2D eigenvalue weighted by Crippen LogP contribution is 2.33. The third-order valence-corrected chi connectivity index (χ3v) is 9.90. The lowest BCUT2D eigenvalue weighted by atomic mass is 9.80. The number of hydrogen-bond acceptors (Lipinski definition) is 20. The average Bonchev–Trinajstić information content (AvgIpc) is 3.16. The van der Waals surface area contributed by atoms with Gasteiger partial charge >= 0.3 is 0 Å². The first-order valence-electron chi connectivity index (χ1n) is 22.2. The first-order valence-corrected chi connectivity index (χ1v) is 22.2. The van der Waals surface area contributed by atoms with Gasteiger partial charge in [0.25, 0.3) is 0 Å². The van der Waals surface area contributed by atoms with Crippen LogP contribution in [0.5, 0.6) is 0 Å². The van der Waals surface area contributed by atoms with Crippen molar-refractivity contribution in [3.05, 3.63) is 0 Å². The molecule has 0 aliphatic carbocycles. The predicted octanol–water partition coefficient (Wildman–Crippen LogP) is -0.702. The summed E-state index contributed by atoms with van der Waals surface area (Å²) in [7, 11) is 0. The number of nitrogens with zero attached hydrogens (tertiary/aromatic N) is 5. The van der Waals surface area contributed by atoms with E-state index in [0.717, 1.165) is 0 Å². The summed E-state index contributed by atoms with van der Waals surface area (Å²) in [6.07, 6.45) is -3.60. The number of hydroxylamine groups is 2. The number of nitrogens with one attached hydrogen (secondary N) is 2. The molecular formula is C42H89N9O11.